The van der Waals surface area contributed by atoms with E-state index in [1.54, 1.807) is 0 Å². The number of rotatable bonds is 3. The van der Waals surface area contributed by atoms with Crippen molar-refractivity contribution in [3.05, 3.63) is 23.9 Å². The first kappa shape index (κ1) is 11.1. The third-order valence-corrected chi connectivity index (χ3v) is 4.33. The summed E-state index contributed by atoms with van der Waals surface area (Å²) >= 11 is 0. The van der Waals surface area contributed by atoms with E-state index < -0.39 is 0 Å². The lowest BCUT2D eigenvalue weighted by molar-refractivity contribution is 0.548. The molecule has 0 amide bonds. The van der Waals surface area contributed by atoms with Gasteiger partial charge in [-0.2, -0.15) is 0 Å². The standard InChI is InChI=1S/C15H22N2/c1-11(2)13-9-14(13)12-5-6-15(16-10-12)17-7-3-4-8-17/h5-6,10-11,13-14H,3-4,7-9H2,1-2H3/t13-,14-/m0/s1. The normalized spacial score (nSPS) is 27.8. The SMILES string of the molecule is CC(C)[C@@H]1C[C@H]1c1ccc(N2CCCC2)nc1. The third-order valence-electron chi connectivity index (χ3n) is 4.33. The predicted octanol–water partition coefficient (Wildman–Crippen LogP) is 3.44. The van der Waals surface area contributed by atoms with Crippen molar-refractivity contribution in [1.82, 2.24) is 4.98 Å². The van der Waals surface area contributed by atoms with Crippen LogP contribution < -0.4 is 4.90 Å². The van der Waals surface area contributed by atoms with Crippen LogP contribution in [-0.2, 0) is 0 Å². The van der Waals surface area contributed by atoms with Crippen LogP contribution in [0.2, 0.25) is 0 Å². The van der Waals surface area contributed by atoms with Gasteiger partial charge in [0.25, 0.3) is 0 Å². The van der Waals surface area contributed by atoms with Gasteiger partial charge in [-0.1, -0.05) is 19.9 Å². The van der Waals surface area contributed by atoms with E-state index in [9.17, 15) is 0 Å². The highest BCUT2D eigenvalue weighted by atomic mass is 15.2. The summed E-state index contributed by atoms with van der Waals surface area (Å²) in [5, 5.41) is 0. The highest BCUT2D eigenvalue weighted by molar-refractivity contribution is 5.41. The minimum absolute atomic E-state index is 0.787. The van der Waals surface area contributed by atoms with Gasteiger partial charge in [0.15, 0.2) is 0 Å². The summed E-state index contributed by atoms with van der Waals surface area (Å²) in [5.41, 5.74) is 1.45. The van der Waals surface area contributed by atoms with Crippen molar-refractivity contribution in [2.24, 2.45) is 11.8 Å². The van der Waals surface area contributed by atoms with Crippen LogP contribution in [0.4, 0.5) is 5.82 Å². The molecule has 1 aliphatic heterocycles. The topological polar surface area (TPSA) is 16.1 Å². The number of aromatic nitrogens is 1. The zero-order valence-electron chi connectivity index (χ0n) is 10.9. The van der Waals surface area contributed by atoms with Crippen LogP contribution in [0.1, 0.15) is 44.6 Å². The molecule has 17 heavy (non-hydrogen) atoms. The summed E-state index contributed by atoms with van der Waals surface area (Å²) in [6.07, 6.45) is 6.12. The van der Waals surface area contributed by atoms with Gasteiger partial charge in [-0.15, -0.1) is 0 Å². The van der Waals surface area contributed by atoms with E-state index in [4.69, 9.17) is 0 Å². The van der Waals surface area contributed by atoms with Gasteiger partial charge in [-0.3, -0.25) is 0 Å². The molecule has 2 nitrogen and oxygen atoms in total. The molecule has 2 heterocycles. The molecular formula is C15H22N2. The first-order valence-corrected chi connectivity index (χ1v) is 6.96. The van der Waals surface area contributed by atoms with E-state index in [0.29, 0.717) is 0 Å². The number of anilines is 1. The first-order valence-electron chi connectivity index (χ1n) is 6.96. The van der Waals surface area contributed by atoms with Crippen molar-refractivity contribution in [3.8, 4) is 0 Å². The van der Waals surface area contributed by atoms with Gasteiger partial charge in [0, 0.05) is 19.3 Å². The number of nitrogens with zero attached hydrogens (tertiary/aromatic N) is 2. The maximum atomic E-state index is 4.64. The van der Waals surface area contributed by atoms with E-state index >= 15 is 0 Å². The number of pyridine rings is 1. The summed E-state index contributed by atoms with van der Waals surface area (Å²) in [6.45, 7) is 7.03. The lowest BCUT2D eigenvalue weighted by Gasteiger charge is -2.16. The fourth-order valence-corrected chi connectivity index (χ4v) is 3.08. The Balaban J connectivity index is 1.68. The molecule has 0 unspecified atom stereocenters. The summed E-state index contributed by atoms with van der Waals surface area (Å²) < 4.78 is 0. The molecule has 1 aliphatic carbocycles. The zero-order chi connectivity index (χ0) is 11.8. The second-order valence-electron chi connectivity index (χ2n) is 5.89. The van der Waals surface area contributed by atoms with Gasteiger partial charge < -0.3 is 4.90 Å². The molecule has 2 aliphatic rings. The average Bonchev–Trinajstić information content (AvgIpc) is 2.97. The van der Waals surface area contributed by atoms with E-state index in [2.05, 4.69) is 42.1 Å². The molecule has 2 fully saturated rings. The fourth-order valence-electron chi connectivity index (χ4n) is 3.08. The average molecular weight is 230 g/mol. The Morgan fingerprint density at radius 1 is 1.24 bits per heavy atom. The molecule has 1 saturated heterocycles. The van der Waals surface area contributed by atoms with Gasteiger partial charge in [-0.05, 0) is 48.6 Å². The largest absolute Gasteiger partial charge is 0.357 e. The van der Waals surface area contributed by atoms with Crippen molar-refractivity contribution in [2.75, 3.05) is 18.0 Å². The van der Waals surface area contributed by atoms with Crippen molar-refractivity contribution in [2.45, 2.75) is 39.0 Å². The highest BCUT2D eigenvalue weighted by Crippen LogP contribution is 2.51. The summed E-state index contributed by atoms with van der Waals surface area (Å²) in [4.78, 5) is 7.04. The van der Waals surface area contributed by atoms with Crippen LogP contribution in [0.3, 0.4) is 0 Å². The second-order valence-corrected chi connectivity index (χ2v) is 5.89. The van der Waals surface area contributed by atoms with Crippen LogP contribution >= 0.6 is 0 Å². The molecule has 0 spiro atoms. The molecule has 0 bridgehead atoms. The van der Waals surface area contributed by atoms with E-state index in [1.165, 1.54) is 43.7 Å². The van der Waals surface area contributed by atoms with Crippen LogP contribution in [0.25, 0.3) is 0 Å². The van der Waals surface area contributed by atoms with Gasteiger partial charge in [-0.25, -0.2) is 4.98 Å². The lowest BCUT2D eigenvalue weighted by Crippen LogP contribution is -2.18. The molecule has 0 N–H and O–H groups in total. The Labute approximate surface area is 104 Å². The number of hydrogen-bond donors (Lipinski definition) is 0. The summed E-state index contributed by atoms with van der Waals surface area (Å²) in [5.74, 6) is 3.68. The van der Waals surface area contributed by atoms with Crippen LogP contribution in [0, 0.1) is 11.8 Å². The fraction of sp³-hybridized carbons (Fsp3) is 0.667. The third kappa shape index (κ3) is 2.18. The van der Waals surface area contributed by atoms with E-state index in [0.717, 1.165) is 17.8 Å². The van der Waals surface area contributed by atoms with Gasteiger partial charge in [0.05, 0.1) is 0 Å². The van der Waals surface area contributed by atoms with Gasteiger partial charge in [0.2, 0.25) is 0 Å². The molecule has 2 heteroatoms. The molecular weight excluding hydrogens is 208 g/mol. The minimum Gasteiger partial charge on any atom is -0.357 e. The Morgan fingerprint density at radius 3 is 2.53 bits per heavy atom. The van der Waals surface area contributed by atoms with E-state index in [1.807, 2.05) is 0 Å². The lowest BCUT2D eigenvalue weighted by atomic mass is 10.0. The second kappa shape index (κ2) is 4.32. The Hall–Kier alpha value is -1.05. The maximum Gasteiger partial charge on any atom is 0.128 e. The molecule has 0 aromatic carbocycles. The monoisotopic (exact) mass is 230 g/mol. The number of hydrogen-bond acceptors (Lipinski definition) is 2. The Kier molecular flexibility index (Phi) is 2.81. The molecule has 3 rings (SSSR count). The molecule has 1 saturated carbocycles. The van der Waals surface area contributed by atoms with E-state index in [-0.39, 0.29) is 0 Å². The molecule has 2 atom stereocenters. The quantitative estimate of drug-likeness (QED) is 0.790. The smallest absolute Gasteiger partial charge is 0.128 e. The summed E-state index contributed by atoms with van der Waals surface area (Å²) in [7, 11) is 0. The summed E-state index contributed by atoms with van der Waals surface area (Å²) in [6, 6.07) is 4.52. The highest BCUT2D eigenvalue weighted by Gasteiger charge is 2.40. The van der Waals surface area contributed by atoms with Crippen molar-refractivity contribution < 1.29 is 0 Å². The Morgan fingerprint density at radius 2 is 2.00 bits per heavy atom. The van der Waals surface area contributed by atoms with Crippen molar-refractivity contribution in [3.63, 3.8) is 0 Å². The van der Waals surface area contributed by atoms with Crippen molar-refractivity contribution >= 4 is 5.82 Å². The van der Waals surface area contributed by atoms with Crippen LogP contribution in [-0.4, -0.2) is 18.1 Å². The maximum absolute atomic E-state index is 4.64. The minimum atomic E-state index is 0.787. The van der Waals surface area contributed by atoms with Crippen LogP contribution in [0.5, 0.6) is 0 Å². The van der Waals surface area contributed by atoms with Gasteiger partial charge >= 0.3 is 0 Å². The zero-order valence-corrected chi connectivity index (χ0v) is 10.9. The molecule has 1 aromatic rings. The van der Waals surface area contributed by atoms with Gasteiger partial charge in [0.1, 0.15) is 5.82 Å². The van der Waals surface area contributed by atoms with Crippen molar-refractivity contribution in [1.29, 1.82) is 0 Å². The van der Waals surface area contributed by atoms with Crippen LogP contribution in [0.15, 0.2) is 18.3 Å². The molecule has 1 aromatic heterocycles. The molecule has 92 valence electrons. The first-order chi connectivity index (χ1) is 8.25. The molecule has 0 radical (unpaired) electrons. The predicted molar refractivity (Wildman–Crippen MR) is 71.4 cm³/mol. The Bertz CT molecular complexity index is 376.